The van der Waals surface area contributed by atoms with Crippen LogP contribution in [-0.2, 0) is 11.3 Å². The highest BCUT2D eigenvalue weighted by atomic mass is 35.5. The molecule has 15 heavy (non-hydrogen) atoms. The van der Waals surface area contributed by atoms with Gasteiger partial charge in [-0.1, -0.05) is 11.6 Å². The van der Waals surface area contributed by atoms with Gasteiger partial charge in [0, 0.05) is 24.2 Å². The van der Waals surface area contributed by atoms with E-state index in [1.54, 1.807) is 12.3 Å². The van der Waals surface area contributed by atoms with Gasteiger partial charge in [-0.25, -0.2) is 0 Å². The highest BCUT2D eigenvalue weighted by Gasteiger charge is 2.18. The molecule has 0 bridgehead atoms. The van der Waals surface area contributed by atoms with Gasteiger partial charge in [0.15, 0.2) is 0 Å². The predicted octanol–water partition coefficient (Wildman–Crippen LogP) is 2.25. The first-order chi connectivity index (χ1) is 7.25. The molecule has 1 saturated heterocycles. The van der Waals surface area contributed by atoms with Gasteiger partial charge in [-0.3, -0.25) is 9.78 Å². The number of likely N-dealkylation sites (tertiary alicyclic amines) is 1. The minimum atomic E-state index is 0.225. The van der Waals surface area contributed by atoms with Crippen molar-refractivity contribution in [2.24, 2.45) is 0 Å². The van der Waals surface area contributed by atoms with Gasteiger partial charge in [0.25, 0.3) is 0 Å². The molecule has 1 aromatic rings. The molecule has 4 heteroatoms. The lowest BCUT2D eigenvalue weighted by molar-refractivity contribution is -0.133. The van der Waals surface area contributed by atoms with Crippen LogP contribution < -0.4 is 0 Å². The van der Waals surface area contributed by atoms with E-state index in [4.69, 9.17) is 11.6 Å². The number of carbonyl (C=O) groups excluding carboxylic acids is 1. The lowest BCUT2D eigenvalue weighted by atomic mass is 10.1. The van der Waals surface area contributed by atoms with Crippen LogP contribution in [0, 0.1) is 0 Å². The Morgan fingerprint density at radius 2 is 2.33 bits per heavy atom. The molecule has 1 aliphatic heterocycles. The summed E-state index contributed by atoms with van der Waals surface area (Å²) >= 11 is 5.86. The number of halogens is 1. The molecule has 2 rings (SSSR count). The molecular formula is C11H13ClN2O. The monoisotopic (exact) mass is 224 g/mol. The Balaban J connectivity index is 2.04. The van der Waals surface area contributed by atoms with Crippen molar-refractivity contribution < 1.29 is 4.79 Å². The third-order valence-corrected chi connectivity index (χ3v) is 2.79. The van der Waals surface area contributed by atoms with Gasteiger partial charge in [-0.2, -0.15) is 0 Å². The van der Waals surface area contributed by atoms with Crippen LogP contribution in [0.1, 0.15) is 25.0 Å². The van der Waals surface area contributed by atoms with E-state index in [0.29, 0.717) is 18.0 Å². The molecule has 1 fully saturated rings. The quantitative estimate of drug-likeness (QED) is 0.772. The van der Waals surface area contributed by atoms with Gasteiger partial charge in [-0.05, 0) is 25.0 Å². The standard InChI is InChI=1S/C11H13ClN2O/c12-9-4-5-13-10(7-9)8-14-6-2-1-3-11(14)15/h4-5,7H,1-3,6,8H2. The van der Waals surface area contributed by atoms with Crippen LogP contribution >= 0.6 is 11.6 Å². The lowest BCUT2D eigenvalue weighted by Gasteiger charge is -2.26. The van der Waals surface area contributed by atoms with Crippen molar-refractivity contribution in [1.82, 2.24) is 9.88 Å². The van der Waals surface area contributed by atoms with Crippen LogP contribution in [-0.4, -0.2) is 22.3 Å². The fourth-order valence-electron chi connectivity index (χ4n) is 1.76. The van der Waals surface area contributed by atoms with E-state index in [-0.39, 0.29) is 5.91 Å². The van der Waals surface area contributed by atoms with Crippen LogP contribution in [0.2, 0.25) is 5.02 Å². The average molecular weight is 225 g/mol. The topological polar surface area (TPSA) is 33.2 Å². The number of piperidine rings is 1. The molecule has 0 atom stereocenters. The van der Waals surface area contributed by atoms with Crippen LogP contribution in [0.5, 0.6) is 0 Å². The number of hydrogen-bond acceptors (Lipinski definition) is 2. The Morgan fingerprint density at radius 3 is 3.07 bits per heavy atom. The summed E-state index contributed by atoms with van der Waals surface area (Å²) < 4.78 is 0. The van der Waals surface area contributed by atoms with E-state index in [2.05, 4.69) is 4.98 Å². The van der Waals surface area contributed by atoms with E-state index in [0.717, 1.165) is 25.1 Å². The molecule has 80 valence electrons. The predicted molar refractivity (Wildman–Crippen MR) is 58.5 cm³/mol. The Labute approximate surface area is 94.1 Å². The first-order valence-corrected chi connectivity index (χ1v) is 5.52. The van der Waals surface area contributed by atoms with Crippen molar-refractivity contribution in [2.45, 2.75) is 25.8 Å². The number of amides is 1. The van der Waals surface area contributed by atoms with E-state index < -0.39 is 0 Å². The molecule has 3 nitrogen and oxygen atoms in total. The number of aromatic nitrogens is 1. The second-order valence-electron chi connectivity index (χ2n) is 3.74. The molecule has 0 spiro atoms. The summed E-state index contributed by atoms with van der Waals surface area (Å²) in [4.78, 5) is 17.6. The summed E-state index contributed by atoms with van der Waals surface area (Å²) in [7, 11) is 0. The number of pyridine rings is 1. The Morgan fingerprint density at radius 1 is 1.47 bits per heavy atom. The highest BCUT2D eigenvalue weighted by Crippen LogP contribution is 2.15. The van der Waals surface area contributed by atoms with Gasteiger partial charge in [0.1, 0.15) is 0 Å². The second kappa shape index (κ2) is 4.62. The largest absolute Gasteiger partial charge is 0.337 e. The van der Waals surface area contributed by atoms with Gasteiger partial charge in [0.2, 0.25) is 5.91 Å². The first-order valence-electron chi connectivity index (χ1n) is 5.14. The molecular weight excluding hydrogens is 212 g/mol. The highest BCUT2D eigenvalue weighted by molar-refractivity contribution is 6.30. The summed E-state index contributed by atoms with van der Waals surface area (Å²) in [6.45, 7) is 1.42. The summed E-state index contributed by atoms with van der Waals surface area (Å²) in [6.07, 6.45) is 4.44. The molecule has 0 unspecified atom stereocenters. The molecule has 2 heterocycles. The summed E-state index contributed by atoms with van der Waals surface area (Å²) in [6, 6.07) is 3.55. The van der Waals surface area contributed by atoms with Gasteiger partial charge >= 0.3 is 0 Å². The Bertz CT molecular complexity index is 367. The van der Waals surface area contributed by atoms with Crippen molar-refractivity contribution in [1.29, 1.82) is 0 Å². The molecule has 0 radical (unpaired) electrons. The van der Waals surface area contributed by atoms with Crippen molar-refractivity contribution in [3.05, 3.63) is 29.0 Å². The minimum absolute atomic E-state index is 0.225. The molecule has 0 aliphatic carbocycles. The van der Waals surface area contributed by atoms with Crippen molar-refractivity contribution in [3.63, 3.8) is 0 Å². The summed E-state index contributed by atoms with van der Waals surface area (Å²) in [5.41, 5.74) is 0.859. The van der Waals surface area contributed by atoms with E-state index in [1.165, 1.54) is 0 Å². The van der Waals surface area contributed by atoms with Crippen molar-refractivity contribution in [3.8, 4) is 0 Å². The fourth-order valence-corrected chi connectivity index (χ4v) is 1.94. The molecule has 1 amide bonds. The maximum absolute atomic E-state index is 11.5. The van der Waals surface area contributed by atoms with Crippen LogP contribution in [0.4, 0.5) is 0 Å². The fraction of sp³-hybridized carbons (Fsp3) is 0.455. The zero-order valence-corrected chi connectivity index (χ0v) is 9.20. The van der Waals surface area contributed by atoms with Crippen LogP contribution in [0.15, 0.2) is 18.3 Å². The van der Waals surface area contributed by atoms with Gasteiger partial charge < -0.3 is 4.90 Å². The lowest BCUT2D eigenvalue weighted by Crippen LogP contribution is -2.34. The van der Waals surface area contributed by atoms with E-state index >= 15 is 0 Å². The maximum Gasteiger partial charge on any atom is 0.222 e. The first kappa shape index (κ1) is 10.4. The number of nitrogens with zero attached hydrogens (tertiary/aromatic N) is 2. The summed E-state index contributed by atoms with van der Waals surface area (Å²) in [5, 5.41) is 0.671. The second-order valence-corrected chi connectivity index (χ2v) is 4.17. The Hall–Kier alpha value is -1.09. The minimum Gasteiger partial charge on any atom is -0.337 e. The smallest absolute Gasteiger partial charge is 0.222 e. The average Bonchev–Trinajstić information content (AvgIpc) is 2.22. The van der Waals surface area contributed by atoms with E-state index in [1.807, 2.05) is 11.0 Å². The van der Waals surface area contributed by atoms with Gasteiger partial charge in [-0.15, -0.1) is 0 Å². The Kier molecular flexibility index (Phi) is 3.21. The zero-order valence-electron chi connectivity index (χ0n) is 8.45. The van der Waals surface area contributed by atoms with Crippen molar-refractivity contribution in [2.75, 3.05) is 6.54 Å². The number of hydrogen-bond donors (Lipinski definition) is 0. The zero-order chi connectivity index (χ0) is 10.7. The maximum atomic E-state index is 11.5. The van der Waals surface area contributed by atoms with Crippen LogP contribution in [0.25, 0.3) is 0 Å². The number of carbonyl (C=O) groups is 1. The SMILES string of the molecule is O=C1CCCCN1Cc1cc(Cl)ccn1. The normalized spacial score (nSPS) is 16.9. The third-order valence-electron chi connectivity index (χ3n) is 2.55. The van der Waals surface area contributed by atoms with Crippen molar-refractivity contribution >= 4 is 17.5 Å². The van der Waals surface area contributed by atoms with E-state index in [9.17, 15) is 4.79 Å². The molecule has 0 N–H and O–H groups in total. The molecule has 0 saturated carbocycles. The van der Waals surface area contributed by atoms with Crippen LogP contribution in [0.3, 0.4) is 0 Å². The number of rotatable bonds is 2. The van der Waals surface area contributed by atoms with Gasteiger partial charge in [0.05, 0.1) is 12.2 Å². The third kappa shape index (κ3) is 2.69. The molecule has 0 aromatic carbocycles. The molecule has 1 aromatic heterocycles. The summed E-state index contributed by atoms with van der Waals surface area (Å²) in [5.74, 6) is 0.225. The molecule has 1 aliphatic rings.